The molecule has 1 fully saturated rings. The fourth-order valence-corrected chi connectivity index (χ4v) is 3.11. The molecule has 2 aromatic rings. The molecule has 0 spiro atoms. The van der Waals surface area contributed by atoms with Crippen LogP contribution in [-0.4, -0.2) is 39.6 Å². The number of benzene rings is 1. The third-order valence-corrected chi connectivity index (χ3v) is 4.44. The minimum atomic E-state index is -4.35. The second-order valence-corrected chi connectivity index (χ2v) is 6.08. The Morgan fingerprint density at radius 1 is 1.24 bits per heavy atom. The number of aromatic amines is 1. The first-order valence-corrected chi connectivity index (χ1v) is 7.83. The maximum atomic E-state index is 12.9. The van der Waals surface area contributed by atoms with E-state index < -0.39 is 42.3 Å². The van der Waals surface area contributed by atoms with Crippen molar-refractivity contribution in [3.8, 4) is 0 Å². The molecule has 25 heavy (non-hydrogen) atoms. The number of carbonyl (C=O) groups is 1. The molecule has 1 unspecified atom stereocenters. The van der Waals surface area contributed by atoms with Crippen molar-refractivity contribution < 1.29 is 18.0 Å². The lowest BCUT2D eigenvalue weighted by molar-refractivity contribution is -0.188. The van der Waals surface area contributed by atoms with Crippen molar-refractivity contribution in [1.82, 2.24) is 14.5 Å². The van der Waals surface area contributed by atoms with Gasteiger partial charge >= 0.3 is 11.9 Å². The molecule has 1 N–H and O–H groups in total. The third kappa shape index (κ3) is 3.45. The summed E-state index contributed by atoms with van der Waals surface area (Å²) in [4.78, 5) is 39.5. The van der Waals surface area contributed by atoms with E-state index in [9.17, 15) is 27.6 Å². The summed E-state index contributed by atoms with van der Waals surface area (Å²) in [6.45, 7) is -0.597. The summed E-state index contributed by atoms with van der Waals surface area (Å²) in [5.74, 6) is -2.12. The Morgan fingerprint density at radius 2 is 1.96 bits per heavy atom. The third-order valence-electron chi connectivity index (χ3n) is 4.44. The van der Waals surface area contributed by atoms with Gasteiger partial charge in [-0.15, -0.1) is 0 Å². The molecule has 6 nitrogen and oxygen atoms in total. The van der Waals surface area contributed by atoms with Gasteiger partial charge in [-0.3, -0.25) is 19.1 Å². The van der Waals surface area contributed by atoms with Gasteiger partial charge in [-0.25, -0.2) is 4.79 Å². The number of piperidine rings is 1. The molecule has 1 atom stereocenters. The summed E-state index contributed by atoms with van der Waals surface area (Å²) in [5, 5.41) is 0.238. The molecule has 134 valence electrons. The van der Waals surface area contributed by atoms with Crippen molar-refractivity contribution in [1.29, 1.82) is 0 Å². The number of nitrogens with zero attached hydrogens (tertiary/aromatic N) is 2. The molecule has 1 saturated heterocycles. The van der Waals surface area contributed by atoms with Gasteiger partial charge in [-0.1, -0.05) is 12.1 Å². The second kappa shape index (κ2) is 6.38. The number of rotatable bonds is 2. The van der Waals surface area contributed by atoms with Gasteiger partial charge in [0.25, 0.3) is 5.56 Å². The maximum Gasteiger partial charge on any atom is 0.393 e. The van der Waals surface area contributed by atoms with Gasteiger partial charge in [-0.05, 0) is 25.0 Å². The lowest BCUT2D eigenvalue weighted by Crippen LogP contribution is -2.46. The molecular formula is C16H16F3N3O3. The number of halogens is 3. The van der Waals surface area contributed by atoms with Crippen LogP contribution in [0.25, 0.3) is 10.9 Å². The van der Waals surface area contributed by atoms with Crippen molar-refractivity contribution in [2.24, 2.45) is 5.92 Å². The van der Waals surface area contributed by atoms with Gasteiger partial charge in [0.1, 0.15) is 6.54 Å². The highest BCUT2D eigenvalue weighted by Gasteiger charge is 2.42. The van der Waals surface area contributed by atoms with Crippen molar-refractivity contribution in [3.05, 3.63) is 45.1 Å². The van der Waals surface area contributed by atoms with Gasteiger partial charge in [0, 0.05) is 13.1 Å². The number of hydrogen-bond acceptors (Lipinski definition) is 3. The second-order valence-electron chi connectivity index (χ2n) is 6.08. The lowest BCUT2D eigenvalue weighted by Gasteiger charge is -2.33. The Balaban J connectivity index is 1.88. The van der Waals surface area contributed by atoms with Crippen LogP contribution < -0.4 is 11.2 Å². The van der Waals surface area contributed by atoms with Crippen LogP contribution in [0.3, 0.4) is 0 Å². The predicted molar refractivity (Wildman–Crippen MR) is 84.2 cm³/mol. The molecule has 0 bridgehead atoms. The minimum absolute atomic E-state index is 0.00514. The van der Waals surface area contributed by atoms with Gasteiger partial charge in [-0.2, -0.15) is 13.2 Å². The van der Waals surface area contributed by atoms with E-state index in [1.54, 1.807) is 12.1 Å². The average molecular weight is 355 g/mol. The molecule has 2 heterocycles. The fourth-order valence-electron chi connectivity index (χ4n) is 3.11. The number of hydrogen-bond donors (Lipinski definition) is 1. The van der Waals surface area contributed by atoms with E-state index in [0.717, 1.165) is 9.47 Å². The molecule has 3 rings (SSSR count). The van der Waals surface area contributed by atoms with Crippen LogP contribution in [0.15, 0.2) is 33.9 Å². The Kier molecular flexibility index (Phi) is 4.40. The lowest BCUT2D eigenvalue weighted by atomic mass is 9.97. The van der Waals surface area contributed by atoms with E-state index in [0.29, 0.717) is 0 Å². The Bertz CT molecular complexity index is 916. The topological polar surface area (TPSA) is 75.2 Å². The predicted octanol–water partition coefficient (Wildman–Crippen LogP) is 1.49. The monoisotopic (exact) mass is 355 g/mol. The van der Waals surface area contributed by atoms with Crippen LogP contribution in [0, 0.1) is 5.92 Å². The molecule has 0 radical (unpaired) electrons. The molecule has 1 aliphatic rings. The molecular weight excluding hydrogens is 339 g/mol. The first-order chi connectivity index (χ1) is 11.8. The van der Waals surface area contributed by atoms with Gasteiger partial charge < -0.3 is 4.90 Å². The van der Waals surface area contributed by atoms with Gasteiger partial charge in [0.15, 0.2) is 0 Å². The van der Waals surface area contributed by atoms with E-state index >= 15 is 0 Å². The number of H-pyrrole nitrogens is 1. The molecule has 9 heteroatoms. The summed E-state index contributed by atoms with van der Waals surface area (Å²) >= 11 is 0. The number of carbonyl (C=O) groups excluding carboxylic acids is 1. The maximum absolute atomic E-state index is 12.9. The Labute approximate surface area is 139 Å². The highest BCUT2D eigenvalue weighted by atomic mass is 19.4. The number of nitrogens with one attached hydrogen (secondary N) is 1. The first kappa shape index (κ1) is 17.2. The number of para-hydroxylation sites is 1. The summed E-state index contributed by atoms with van der Waals surface area (Å²) in [6.07, 6.45) is -4.09. The van der Waals surface area contributed by atoms with Crippen LogP contribution >= 0.6 is 0 Å². The Morgan fingerprint density at radius 3 is 2.68 bits per heavy atom. The molecule has 1 aliphatic heterocycles. The van der Waals surface area contributed by atoms with Crippen molar-refractivity contribution in [2.75, 3.05) is 13.1 Å². The zero-order valence-corrected chi connectivity index (χ0v) is 13.2. The van der Waals surface area contributed by atoms with Gasteiger partial charge in [0.05, 0.1) is 16.8 Å². The first-order valence-electron chi connectivity index (χ1n) is 7.83. The number of fused-ring (bicyclic) bond motifs is 1. The summed E-state index contributed by atoms with van der Waals surface area (Å²) in [6, 6.07) is 6.26. The quantitative estimate of drug-likeness (QED) is 0.887. The molecule has 1 aromatic heterocycles. The highest BCUT2D eigenvalue weighted by Crippen LogP contribution is 2.33. The number of likely N-dealkylation sites (tertiary alicyclic amines) is 1. The number of amides is 1. The van der Waals surface area contributed by atoms with E-state index in [-0.39, 0.29) is 30.3 Å². The molecule has 0 aliphatic carbocycles. The normalized spacial score (nSPS) is 18.5. The SMILES string of the molecule is O=C(Cn1c(=O)[nH]c(=O)c2ccccc21)N1CCCC(C(F)(F)F)C1. The van der Waals surface area contributed by atoms with E-state index in [2.05, 4.69) is 4.98 Å². The summed E-state index contributed by atoms with van der Waals surface area (Å²) in [7, 11) is 0. The fraction of sp³-hybridized carbons (Fsp3) is 0.438. The largest absolute Gasteiger partial charge is 0.393 e. The van der Waals surface area contributed by atoms with Crippen molar-refractivity contribution in [3.63, 3.8) is 0 Å². The van der Waals surface area contributed by atoms with Crippen LogP contribution in [0.4, 0.5) is 13.2 Å². The van der Waals surface area contributed by atoms with E-state index in [1.165, 1.54) is 12.1 Å². The standard InChI is InChI=1S/C16H16F3N3O3/c17-16(18,19)10-4-3-7-21(8-10)13(23)9-22-12-6-2-1-5-11(12)14(24)20-15(22)25/h1-2,5-6,10H,3-4,7-9H2,(H,20,24,25). The molecule has 0 saturated carbocycles. The van der Waals surface area contributed by atoms with Crippen molar-refractivity contribution >= 4 is 16.8 Å². The number of aromatic nitrogens is 2. The van der Waals surface area contributed by atoms with E-state index in [4.69, 9.17) is 0 Å². The van der Waals surface area contributed by atoms with Crippen LogP contribution in [0.1, 0.15) is 12.8 Å². The zero-order valence-electron chi connectivity index (χ0n) is 13.2. The van der Waals surface area contributed by atoms with Crippen LogP contribution in [-0.2, 0) is 11.3 Å². The zero-order chi connectivity index (χ0) is 18.2. The molecule has 1 amide bonds. The van der Waals surface area contributed by atoms with Crippen LogP contribution in [0.2, 0.25) is 0 Å². The van der Waals surface area contributed by atoms with Crippen LogP contribution in [0.5, 0.6) is 0 Å². The molecule has 1 aromatic carbocycles. The van der Waals surface area contributed by atoms with Crippen molar-refractivity contribution in [2.45, 2.75) is 25.6 Å². The Hall–Kier alpha value is -2.58. The highest BCUT2D eigenvalue weighted by molar-refractivity contribution is 5.81. The van der Waals surface area contributed by atoms with E-state index in [1.807, 2.05) is 0 Å². The smallest absolute Gasteiger partial charge is 0.341 e. The minimum Gasteiger partial charge on any atom is -0.341 e. The average Bonchev–Trinajstić information content (AvgIpc) is 2.58. The van der Waals surface area contributed by atoms with Gasteiger partial charge in [0.2, 0.25) is 5.91 Å². The number of alkyl halides is 3. The summed E-state index contributed by atoms with van der Waals surface area (Å²) in [5.41, 5.74) is -1.06. The summed E-state index contributed by atoms with van der Waals surface area (Å²) < 4.78 is 39.7.